The summed E-state index contributed by atoms with van der Waals surface area (Å²) in [5.74, 6) is 0. The first-order valence-electron chi connectivity index (χ1n) is 4.89. The summed E-state index contributed by atoms with van der Waals surface area (Å²) in [4.78, 5) is 2.34. The van der Waals surface area contributed by atoms with Crippen molar-refractivity contribution in [2.75, 3.05) is 18.0 Å². The molecule has 0 radical (unpaired) electrons. The number of aromatic nitrogens is 2. The Balaban J connectivity index is 2.47. The van der Waals surface area contributed by atoms with Crippen LogP contribution in [0.2, 0.25) is 6.04 Å². The van der Waals surface area contributed by atoms with E-state index >= 15 is 0 Å². The minimum atomic E-state index is 1.08. The Morgan fingerprint density at radius 1 is 1.54 bits per heavy atom. The summed E-state index contributed by atoms with van der Waals surface area (Å²) in [6.07, 6.45) is 2.48. The lowest BCUT2D eigenvalue weighted by molar-refractivity contribution is 0.736. The second-order valence-corrected chi connectivity index (χ2v) is 4.87. The molecule has 0 unspecified atom stereocenters. The van der Waals surface area contributed by atoms with Gasteiger partial charge in [0.15, 0.2) is 0 Å². The van der Waals surface area contributed by atoms with E-state index in [9.17, 15) is 0 Å². The fraction of sp³-hybridized carbons (Fsp3) is 0.750. The minimum absolute atomic E-state index is 1.08. The van der Waals surface area contributed by atoms with Gasteiger partial charge in [-0.1, -0.05) is 24.3 Å². The highest BCUT2D eigenvalue weighted by Crippen LogP contribution is 2.16. The van der Waals surface area contributed by atoms with Gasteiger partial charge in [0, 0.05) is 23.3 Å². The van der Waals surface area contributed by atoms with Crippen LogP contribution in [0.3, 0.4) is 0 Å². The van der Waals surface area contributed by atoms with Crippen molar-refractivity contribution in [3.8, 4) is 0 Å². The normalized spacial score (nSPS) is 10.5. The molecule has 0 spiro atoms. The van der Waals surface area contributed by atoms with Crippen molar-refractivity contribution < 1.29 is 0 Å². The molecule has 1 heterocycles. The Kier molecular flexibility index (Phi) is 5.00. The van der Waals surface area contributed by atoms with Crippen molar-refractivity contribution >= 4 is 26.7 Å². The number of rotatable bonds is 6. The van der Waals surface area contributed by atoms with Crippen molar-refractivity contribution in [3.05, 3.63) is 5.51 Å². The van der Waals surface area contributed by atoms with E-state index < -0.39 is 0 Å². The van der Waals surface area contributed by atoms with Gasteiger partial charge in [-0.2, -0.15) is 0 Å². The van der Waals surface area contributed by atoms with E-state index in [1.54, 1.807) is 16.8 Å². The zero-order valence-corrected chi connectivity index (χ0v) is 11.2. The van der Waals surface area contributed by atoms with E-state index in [1.807, 2.05) is 0 Å². The molecule has 3 nitrogen and oxygen atoms in total. The van der Waals surface area contributed by atoms with Gasteiger partial charge in [0.05, 0.1) is 0 Å². The fourth-order valence-corrected chi connectivity index (χ4v) is 2.16. The van der Waals surface area contributed by atoms with Crippen LogP contribution in [-0.2, 0) is 0 Å². The number of hydrogen-bond donors (Lipinski definition) is 0. The van der Waals surface area contributed by atoms with Crippen LogP contribution >= 0.6 is 11.3 Å². The maximum Gasteiger partial charge on any atom is 0.208 e. The topological polar surface area (TPSA) is 29.0 Å². The van der Waals surface area contributed by atoms with Crippen LogP contribution in [0, 0.1) is 0 Å². The predicted octanol–water partition coefficient (Wildman–Crippen LogP) is 0.928. The lowest BCUT2D eigenvalue weighted by atomic mass is 10.4. The molecule has 0 atom stereocenters. The summed E-state index contributed by atoms with van der Waals surface area (Å²) in [6, 6.07) is 1.37. The molecule has 0 saturated heterocycles. The van der Waals surface area contributed by atoms with E-state index in [0.717, 1.165) is 18.2 Å². The van der Waals surface area contributed by atoms with E-state index in [1.165, 1.54) is 29.1 Å². The van der Waals surface area contributed by atoms with Gasteiger partial charge in [-0.3, -0.25) is 0 Å². The van der Waals surface area contributed by atoms with Crippen molar-refractivity contribution in [3.63, 3.8) is 0 Å². The van der Waals surface area contributed by atoms with Gasteiger partial charge in [0.1, 0.15) is 5.51 Å². The van der Waals surface area contributed by atoms with Crippen molar-refractivity contribution in [1.29, 1.82) is 0 Å². The van der Waals surface area contributed by atoms with Crippen LogP contribution in [0.5, 0.6) is 0 Å². The SMILES string of the molecule is CCCN(CCC[SiH3])c1nncs1. The van der Waals surface area contributed by atoms with Gasteiger partial charge in [0.2, 0.25) is 5.13 Å². The molecular formula is C8H17N3SSi. The minimum Gasteiger partial charge on any atom is -0.347 e. The first kappa shape index (κ1) is 10.7. The molecule has 0 saturated carbocycles. The van der Waals surface area contributed by atoms with Crippen LogP contribution in [0.4, 0.5) is 5.13 Å². The summed E-state index contributed by atoms with van der Waals surface area (Å²) in [6.45, 7) is 4.46. The molecule has 74 valence electrons. The average molecular weight is 215 g/mol. The molecule has 1 aromatic heterocycles. The molecule has 0 aliphatic carbocycles. The number of nitrogens with zero attached hydrogens (tertiary/aromatic N) is 3. The van der Waals surface area contributed by atoms with Gasteiger partial charge in [-0.05, 0) is 12.8 Å². The summed E-state index contributed by atoms with van der Waals surface area (Å²) in [7, 11) is 1.31. The van der Waals surface area contributed by atoms with E-state index in [2.05, 4.69) is 22.0 Å². The van der Waals surface area contributed by atoms with Crippen molar-refractivity contribution in [1.82, 2.24) is 10.2 Å². The zero-order valence-electron chi connectivity index (χ0n) is 8.36. The van der Waals surface area contributed by atoms with Gasteiger partial charge in [0.25, 0.3) is 0 Å². The molecule has 0 aromatic carbocycles. The quantitative estimate of drug-likeness (QED) is 0.661. The van der Waals surface area contributed by atoms with Crippen LogP contribution in [-0.4, -0.2) is 33.5 Å². The molecular weight excluding hydrogens is 198 g/mol. The molecule has 0 aliphatic rings. The largest absolute Gasteiger partial charge is 0.347 e. The summed E-state index contributed by atoms with van der Waals surface area (Å²) in [5, 5.41) is 9.04. The molecule has 1 aromatic rings. The Bertz CT molecular complexity index is 215. The molecule has 1 rings (SSSR count). The van der Waals surface area contributed by atoms with Gasteiger partial charge in [-0.25, -0.2) is 0 Å². The van der Waals surface area contributed by atoms with Crippen LogP contribution in [0.15, 0.2) is 5.51 Å². The molecule has 0 fully saturated rings. The van der Waals surface area contributed by atoms with E-state index in [0.29, 0.717) is 0 Å². The standard InChI is InChI=1S/C8H17N3SSi/c1-2-4-11(5-3-6-13)8-10-9-7-12-8/h7H,2-6H2,1,13H3. The first-order chi connectivity index (χ1) is 6.38. The summed E-state index contributed by atoms with van der Waals surface area (Å²) < 4.78 is 0. The molecule has 13 heavy (non-hydrogen) atoms. The maximum absolute atomic E-state index is 4.09. The maximum atomic E-state index is 4.09. The highest BCUT2D eigenvalue weighted by atomic mass is 32.1. The molecule has 0 N–H and O–H groups in total. The Morgan fingerprint density at radius 3 is 2.92 bits per heavy atom. The van der Waals surface area contributed by atoms with Crippen LogP contribution in [0.1, 0.15) is 19.8 Å². The van der Waals surface area contributed by atoms with Gasteiger partial charge in [-0.15, -0.1) is 10.2 Å². The highest BCUT2D eigenvalue weighted by Gasteiger charge is 2.07. The first-order valence-corrected chi connectivity index (χ1v) is 7.19. The Morgan fingerprint density at radius 2 is 2.38 bits per heavy atom. The van der Waals surface area contributed by atoms with Gasteiger partial charge < -0.3 is 4.90 Å². The van der Waals surface area contributed by atoms with Crippen LogP contribution < -0.4 is 4.90 Å². The second-order valence-electron chi connectivity index (χ2n) is 3.06. The number of anilines is 1. The summed E-state index contributed by atoms with van der Waals surface area (Å²) >= 11 is 1.64. The van der Waals surface area contributed by atoms with Crippen molar-refractivity contribution in [2.24, 2.45) is 0 Å². The Hall–Kier alpha value is -0.423. The third-order valence-corrected chi connectivity index (χ3v) is 3.35. The Labute approximate surface area is 86.6 Å². The summed E-state index contributed by atoms with van der Waals surface area (Å²) in [5.41, 5.74) is 1.80. The van der Waals surface area contributed by atoms with E-state index in [-0.39, 0.29) is 0 Å². The molecule has 0 bridgehead atoms. The van der Waals surface area contributed by atoms with E-state index in [4.69, 9.17) is 0 Å². The lowest BCUT2D eigenvalue weighted by Gasteiger charge is -2.19. The predicted molar refractivity (Wildman–Crippen MR) is 61.8 cm³/mol. The second kappa shape index (κ2) is 6.10. The van der Waals surface area contributed by atoms with Gasteiger partial charge >= 0.3 is 0 Å². The molecule has 5 heteroatoms. The monoisotopic (exact) mass is 215 g/mol. The van der Waals surface area contributed by atoms with Crippen molar-refractivity contribution in [2.45, 2.75) is 25.8 Å². The third kappa shape index (κ3) is 3.44. The number of hydrogen-bond acceptors (Lipinski definition) is 4. The van der Waals surface area contributed by atoms with Crippen LogP contribution in [0.25, 0.3) is 0 Å². The highest BCUT2D eigenvalue weighted by molar-refractivity contribution is 7.13. The lowest BCUT2D eigenvalue weighted by Crippen LogP contribution is -2.25. The molecule has 0 amide bonds. The average Bonchev–Trinajstić information content (AvgIpc) is 2.65. The third-order valence-electron chi connectivity index (χ3n) is 1.89. The smallest absolute Gasteiger partial charge is 0.208 e. The molecule has 0 aliphatic heterocycles. The zero-order chi connectivity index (χ0) is 9.52. The fourth-order valence-electron chi connectivity index (χ4n) is 1.23.